The largest absolute Gasteiger partial charge is 0.384 e. The second-order valence-electron chi connectivity index (χ2n) is 4.68. The normalized spacial score (nSPS) is 12.5. The molecule has 17 heavy (non-hydrogen) atoms. The van der Waals surface area contributed by atoms with Crippen LogP contribution >= 0.6 is 0 Å². The lowest BCUT2D eigenvalue weighted by Gasteiger charge is -2.15. The minimum absolute atomic E-state index is 0.532. The van der Waals surface area contributed by atoms with Crippen LogP contribution in [0.3, 0.4) is 0 Å². The van der Waals surface area contributed by atoms with E-state index in [9.17, 15) is 5.11 Å². The van der Waals surface area contributed by atoms with Crippen molar-refractivity contribution < 1.29 is 5.11 Å². The number of aliphatic hydroxyl groups is 1. The molecule has 0 aromatic heterocycles. The Kier molecular flexibility index (Phi) is 3.30. The highest BCUT2D eigenvalue weighted by atomic mass is 16.3. The van der Waals surface area contributed by atoms with Crippen LogP contribution in [0.15, 0.2) is 42.5 Å². The summed E-state index contributed by atoms with van der Waals surface area (Å²) in [7, 11) is 0. The van der Waals surface area contributed by atoms with E-state index in [0.29, 0.717) is 0 Å². The number of benzene rings is 2. The van der Waals surface area contributed by atoms with Gasteiger partial charge in [-0.3, -0.25) is 0 Å². The van der Waals surface area contributed by atoms with Crippen LogP contribution in [-0.4, -0.2) is 5.11 Å². The second kappa shape index (κ2) is 4.72. The molecule has 0 fully saturated rings. The van der Waals surface area contributed by atoms with E-state index in [0.717, 1.165) is 16.7 Å². The molecule has 1 atom stereocenters. The van der Waals surface area contributed by atoms with E-state index >= 15 is 0 Å². The molecule has 0 bridgehead atoms. The van der Waals surface area contributed by atoms with Gasteiger partial charge in [-0.2, -0.15) is 0 Å². The fraction of sp³-hybridized carbons (Fsp3) is 0.250. The van der Waals surface area contributed by atoms with Gasteiger partial charge in [0.15, 0.2) is 0 Å². The lowest BCUT2D eigenvalue weighted by atomic mass is 9.95. The van der Waals surface area contributed by atoms with Crippen LogP contribution in [0.4, 0.5) is 0 Å². The van der Waals surface area contributed by atoms with Gasteiger partial charge in [0.05, 0.1) is 0 Å². The van der Waals surface area contributed by atoms with Gasteiger partial charge in [0.25, 0.3) is 0 Å². The maximum atomic E-state index is 10.4. The molecule has 0 aliphatic rings. The first kappa shape index (κ1) is 11.9. The predicted molar refractivity (Wildman–Crippen MR) is 71.2 cm³/mol. The summed E-state index contributed by atoms with van der Waals surface area (Å²) < 4.78 is 0. The van der Waals surface area contributed by atoms with Gasteiger partial charge in [0.2, 0.25) is 0 Å². The highest BCUT2D eigenvalue weighted by molar-refractivity contribution is 5.38. The lowest BCUT2D eigenvalue weighted by molar-refractivity contribution is 0.219. The number of rotatable bonds is 2. The Labute approximate surface area is 103 Å². The zero-order chi connectivity index (χ0) is 12.4. The molecule has 0 saturated heterocycles. The Hall–Kier alpha value is -1.60. The number of hydrogen-bond donors (Lipinski definition) is 1. The summed E-state index contributed by atoms with van der Waals surface area (Å²) in [6, 6.07) is 14.2. The molecule has 88 valence electrons. The van der Waals surface area contributed by atoms with E-state index in [1.807, 2.05) is 50.2 Å². The van der Waals surface area contributed by atoms with Gasteiger partial charge >= 0.3 is 0 Å². The van der Waals surface area contributed by atoms with E-state index in [2.05, 4.69) is 13.0 Å². The van der Waals surface area contributed by atoms with Crippen molar-refractivity contribution in [1.82, 2.24) is 0 Å². The summed E-state index contributed by atoms with van der Waals surface area (Å²) in [6.07, 6.45) is -0.532. The van der Waals surface area contributed by atoms with Gasteiger partial charge in [0.1, 0.15) is 6.10 Å². The topological polar surface area (TPSA) is 20.2 Å². The van der Waals surface area contributed by atoms with Crippen LogP contribution < -0.4 is 0 Å². The standard InChI is InChI=1S/C16H18O/c1-11-5-4-6-14(10-11)16(17)15-8-7-12(2)9-13(15)3/h4-10,16-17H,1-3H3. The van der Waals surface area contributed by atoms with Crippen molar-refractivity contribution in [1.29, 1.82) is 0 Å². The fourth-order valence-electron chi connectivity index (χ4n) is 2.15. The minimum atomic E-state index is -0.532. The SMILES string of the molecule is Cc1cccc(C(O)c2ccc(C)cc2C)c1. The number of aliphatic hydroxyl groups excluding tert-OH is 1. The first-order valence-corrected chi connectivity index (χ1v) is 5.89. The molecule has 0 amide bonds. The summed E-state index contributed by atoms with van der Waals surface area (Å²) in [4.78, 5) is 0. The molecule has 2 aromatic carbocycles. The first-order valence-electron chi connectivity index (χ1n) is 5.89. The van der Waals surface area contributed by atoms with Crippen molar-refractivity contribution in [2.75, 3.05) is 0 Å². The van der Waals surface area contributed by atoms with Crippen molar-refractivity contribution in [3.63, 3.8) is 0 Å². The molecule has 0 heterocycles. The van der Waals surface area contributed by atoms with Crippen LogP contribution in [0.25, 0.3) is 0 Å². The number of aryl methyl sites for hydroxylation is 3. The molecule has 0 saturated carbocycles. The molecular weight excluding hydrogens is 208 g/mol. The third-order valence-corrected chi connectivity index (χ3v) is 3.08. The average molecular weight is 226 g/mol. The molecule has 1 unspecified atom stereocenters. The second-order valence-corrected chi connectivity index (χ2v) is 4.68. The Morgan fingerprint density at radius 2 is 1.59 bits per heavy atom. The van der Waals surface area contributed by atoms with E-state index in [-0.39, 0.29) is 0 Å². The van der Waals surface area contributed by atoms with Gasteiger partial charge in [-0.05, 0) is 37.5 Å². The summed E-state index contributed by atoms with van der Waals surface area (Å²) in [5.41, 5.74) is 5.48. The summed E-state index contributed by atoms with van der Waals surface area (Å²) in [6.45, 7) is 6.15. The molecule has 2 aromatic rings. The van der Waals surface area contributed by atoms with Crippen LogP contribution in [0, 0.1) is 20.8 Å². The fourth-order valence-corrected chi connectivity index (χ4v) is 2.15. The monoisotopic (exact) mass is 226 g/mol. The lowest BCUT2D eigenvalue weighted by Crippen LogP contribution is -2.02. The van der Waals surface area contributed by atoms with Crippen molar-refractivity contribution in [2.45, 2.75) is 26.9 Å². The number of hydrogen-bond acceptors (Lipinski definition) is 1. The van der Waals surface area contributed by atoms with E-state index in [4.69, 9.17) is 0 Å². The molecule has 0 aliphatic carbocycles. The molecule has 1 heteroatoms. The van der Waals surface area contributed by atoms with Gasteiger partial charge in [-0.25, -0.2) is 0 Å². The van der Waals surface area contributed by atoms with Crippen LogP contribution in [0.5, 0.6) is 0 Å². The quantitative estimate of drug-likeness (QED) is 0.828. The van der Waals surface area contributed by atoms with Gasteiger partial charge in [0, 0.05) is 0 Å². The predicted octanol–water partition coefficient (Wildman–Crippen LogP) is 3.69. The summed E-state index contributed by atoms with van der Waals surface area (Å²) >= 11 is 0. The average Bonchev–Trinajstić information content (AvgIpc) is 2.28. The third kappa shape index (κ3) is 2.56. The Morgan fingerprint density at radius 1 is 0.882 bits per heavy atom. The van der Waals surface area contributed by atoms with Crippen molar-refractivity contribution in [2.24, 2.45) is 0 Å². The minimum Gasteiger partial charge on any atom is -0.384 e. The molecule has 1 N–H and O–H groups in total. The molecule has 2 rings (SSSR count). The highest BCUT2D eigenvalue weighted by Gasteiger charge is 2.12. The highest BCUT2D eigenvalue weighted by Crippen LogP contribution is 2.25. The van der Waals surface area contributed by atoms with E-state index < -0.39 is 6.10 Å². The third-order valence-electron chi connectivity index (χ3n) is 3.08. The smallest absolute Gasteiger partial charge is 0.104 e. The Bertz CT molecular complexity index is 529. The maximum absolute atomic E-state index is 10.4. The molecule has 0 spiro atoms. The van der Waals surface area contributed by atoms with Crippen LogP contribution in [-0.2, 0) is 0 Å². The summed E-state index contributed by atoms with van der Waals surface area (Å²) in [5, 5.41) is 10.4. The van der Waals surface area contributed by atoms with Crippen molar-refractivity contribution in [3.8, 4) is 0 Å². The first-order chi connectivity index (χ1) is 8.08. The Morgan fingerprint density at radius 3 is 2.24 bits per heavy atom. The maximum Gasteiger partial charge on any atom is 0.104 e. The van der Waals surface area contributed by atoms with Crippen LogP contribution in [0.1, 0.15) is 33.9 Å². The molecule has 0 radical (unpaired) electrons. The molecule has 0 aliphatic heterocycles. The molecule has 1 nitrogen and oxygen atoms in total. The van der Waals surface area contributed by atoms with Crippen molar-refractivity contribution in [3.05, 3.63) is 70.3 Å². The van der Waals surface area contributed by atoms with Crippen LogP contribution in [0.2, 0.25) is 0 Å². The Balaban J connectivity index is 2.40. The van der Waals surface area contributed by atoms with Gasteiger partial charge in [-0.1, -0.05) is 53.6 Å². The van der Waals surface area contributed by atoms with Gasteiger partial charge in [-0.15, -0.1) is 0 Å². The zero-order valence-electron chi connectivity index (χ0n) is 10.6. The molecular formula is C16H18O. The zero-order valence-corrected chi connectivity index (χ0v) is 10.6. The van der Waals surface area contributed by atoms with Crippen molar-refractivity contribution >= 4 is 0 Å². The van der Waals surface area contributed by atoms with E-state index in [1.54, 1.807) is 0 Å². The summed E-state index contributed by atoms with van der Waals surface area (Å²) in [5.74, 6) is 0. The van der Waals surface area contributed by atoms with Gasteiger partial charge < -0.3 is 5.11 Å². The van der Waals surface area contributed by atoms with E-state index in [1.165, 1.54) is 11.1 Å².